The Bertz CT molecular complexity index is 1180. The van der Waals surface area contributed by atoms with Crippen LogP contribution in [-0.4, -0.2) is 23.2 Å². The van der Waals surface area contributed by atoms with E-state index >= 15 is 0 Å². The number of imidazole rings is 1. The molecule has 1 N–H and O–H groups in total. The SMILES string of the molecule is CCCCCC(C)Sc1sc(C)c(C)n2c(=O)nc(NS(=O)(=O)c3ccc(C)cc3)c1-2. The van der Waals surface area contributed by atoms with Gasteiger partial charge in [0.15, 0.2) is 5.82 Å². The van der Waals surface area contributed by atoms with Crippen molar-refractivity contribution in [2.45, 2.75) is 74.7 Å². The van der Waals surface area contributed by atoms with E-state index in [1.807, 2.05) is 20.8 Å². The first kappa shape index (κ1) is 23.8. The minimum Gasteiger partial charge on any atom is -0.261 e. The van der Waals surface area contributed by atoms with E-state index in [1.165, 1.54) is 17.4 Å². The monoisotopic (exact) mass is 479 g/mol. The van der Waals surface area contributed by atoms with Crippen LogP contribution in [-0.2, 0) is 10.0 Å². The number of hydrogen-bond acceptors (Lipinski definition) is 6. The van der Waals surface area contributed by atoms with Crippen molar-refractivity contribution in [3.05, 3.63) is 50.9 Å². The van der Waals surface area contributed by atoms with Crippen LogP contribution in [0.25, 0.3) is 5.69 Å². The van der Waals surface area contributed by atoms with Gasteiger partial charge in [0.1, 0.15) is 5.69 Å². The molecule has 3 rings (SSSR count). The first-order valence-electron chi connectivity index (χ1n) is 10.4. The fourth-order valence-corrected chi connectivity index (χ4v) is 7.12. The van der Waals surface area contributed by atoms with Crippen LogP contribution in [0.4, 0.5) is 5.82 Å². The van der Waals surface area contributed by atoms with Crippen molar-refractivity contribution < 1.29 is 8.42 Å². The Hall–Kier alpha value is -1.84. The number of aryl methyl sites for hydroxylation is 2. The number of nitrogens with zero attached hydrogens (tertiary/aromatic N) is 2. The molecule has 0 saturated carbocycles. The van der Waals surface area contributed by atoms with Crippen LogP contribution in [0, 0.1) is 20.8 Å². The summed E-state index contributed by atoms with van der Waals surface area (Å²) in [5.41, 5.74) is 1.82. The Balaban J connectivity index is 2.02. The molecular formula is C22H29N3O3S3. The van der Waals surface area contributed by atoms with Crippen molar-refractivity contribution in [1.29, 1.82) is 0 Å². The summed E-state index contributed by atoms with van der Waals surface area (Å²) in [4.78, 5) is 17.9. The molecule has 1 aromatic carbocycles. The first-order chi connectivity index (χ1) is 14.6. The lowest BCUT2D eigenvalue weighted by molar-refractivity contribution is 0.601. The second-order valence-electron chi connectivity index (χ2n) is 7.80. The predicted molar refractivity (Wildman–Crippen MR) is 130 cm³/mol. The van der Waals surface area contributed by atoms with E-state index in [-0.39, 0.29) is 10.7 Å². The molecule has 0 amide bonds. The highest BCUT2D eigenvalue weighted by Crippen LogP contribution is 2.41. The zero-order valence-electron chi connectivity index (χ0n) is 18.6. The van der Waals surface area contributed by atoms with E-state index in [0.717, 1.165) is 33.2 Å². The quantitative estimate of drug-likeness (QED) is 0.323. The summed E-state index contributed by atoms with van der Waals surface area (Å²) >= 11 is 3.26. The first-order valence-corrected chi connectivity index (χ1v) is 13.6. The van der Waals surface area contributed by atoms with Crippen LogP contribution in [0.5, 0.6) is 0 Å². The van der Waals surface area contributed by atoms with Gasteiger partial charge < -0.3 is 0 Å². The minimum absolute atomic E-state index is 0.0909. The summed E-state index contributed by atoms with van der Waals surface area (Å²) in [6, 6.07) is 6.59. The van der Waals surface area contributed by atoms with E-state index in [0.29, 0.717) is 10.9 Å². The number of unbranched alkanes of at least 4 members (excludes halogenated alkanes) is 2. The molecule has 0 aliphatic carbocycles. The second-order valence-corrected chi connectivity index (χ2v) is 12.4. The third-order valence-electron chi connectivity index (χ3n) is 5.22. The number of benzene rings is 1. The molecule has 6 nitrogen and oxygen atoms in total. The number of sulfonamides is 1. The molecule has 0 radical (unpaired) electrons. The van der Waals surface area contributed by atoms with Crippen LogP contribution in [0.3, 0.4) is 0 Å². The van der Waals surface area contributed by atoms with Crippen molar-refractivity contribution in [2.24, 2.45) is 0 Å². The number of rotatable bonds is 9. The van der Waals surface area contributed by atoms with Crippen LogP contribution in [0.2, 0.25) is 0 Å². The molecule has 0 bridgehead atoms. The van der Waals surface area contributed by atoms with Gasteiger partial charge in [0.05, 0.1) is 9.10 Å². The topological polar surface area (TPSA) is 81.1 Å². The van der Waals surface area contributed by atoms with E-state index in [2.05, 4.69) is 23.6 Å². The molecule has 2 heterocycles. The number of anilines is 1. The predicted octanol–water partition coefficient (Wildman–Crippen LogP) is 5.52. The van der Waals surface area contributed by atoms with Crippen LogP contribution < -0.4 is 10.4 Å². The molecule has 0 spiro atoms. The number of hydrogen-bond donors (Lipinski definition) is 1. The van der Waals surface area contributed by atoms with Crippen molar-refractivity contribution in [1.82, 2.24) is 9.55 Å². The summed E-state index contributed by atoms with van der Waals surface area (Å²) in [6.45, 7) is 10.1. The molecular weight excluding hydrogens is 450 g/mol. The molecule has 9 heteroatoms. The third-order valence-corrected chi connectivity index (χ3v) is 9.13. The Morgan fingerprint density at radius 3 is 2.48 bits per heavy atom. The minimum atomic E-state index is -3.86. The third kappa shape index (κ3) is 5.32. The molecule has 1 aromatic rings. The molecule has 168 valence electrons. The molecule has 0 fully saturated rings. The normalized spacial score (nSPS) is 12.9. The fraction of sp³-hybridized carbons (Fsp3) is 0.455. The maximum absolute atomic E-state index is 13.0. The highest BCUT2D eigenvalue weighted by molar-refractivity contribution is 8.01. The molecule has 2 aliphatic rings. The van der Waals surface area contributed by atoms with E-state index in [9.17, 15) is 13.2 Å². The zero-order chi connectivity index (χ0) is 22.8. The van der Waals surface area contributed by atoms with Gasteiger partial charge in [-0.1, -0.05) is 50.8 Å². The second kappa shape index (κ2) is 9.75. The highest BCUT2D eigenvalue weighted by atomic mass is 32.2. The van der Waals surface area contributed by atoms with Gasteiger partial charge >= 0.3 is 5.69 Å². The molecule has 31 heavy (non-hydrogen) atoms. The fourth-order valence-electron chi connectivity index (χ4n) is 3.30. The van der Waals surface area contributed by atoms with Gasteiger partial charge in [0.2, 0.25) is 0 Å². The van der Waals surface area contributed by atoms with Crippen LogP contribution in [0.15, 0.2) is 38.2 Å². The van der Waals surface area contributed by atoms with E-state index in [1.54, 1.807) is 47.4 Å². The van der Waals surface area contributed by atoms with E-state index in [4.69, 9.17) is 0 Å². The maximum Gasteiger partial charge on any atom is 0.354 e. The standard InChI is InChI=1S/C22H29N3O3S3/c1-6-7-8-9-15(3)29-21-19-20(23-22(26)25(19)16(4)17(5)30-21)24-31(27,28)18-12-10-14(2)11-13-18/h10-13,15H,6-9H2,1-5H3,(H,23,24,26). The summed E-state index contributed by atoms with van der Waals surface area (Å²) in [5, 5.41) is 0.347. The van der Waals surface area contributed by atoms with Crippen LogP contribution >= 0.6 is 23.1 Å². The Labute approximate surface area is 192 Å². The van der Waals surface area contributed by atoms with Gasteiger partial charge in [-0.25, -0.2) is 13.2 Å². The Morgan fingerprint density at radius 2 is 1.84 bits per heavy atom. The van der Waals surface area contributed by atoms with Gasteiger partial charge in [-0.05, 0) is 39.3 Å². The number of nitrogens with one attached hydrogen (secondary N) is 1. The molecule has 1 unspecified atom stereocenters. The van der Waals surface area contributed by atoms with Crippen molar-refractivity contribution in [2.75, 3.05) is 4.72 Å². The summed E-state index contributed by atoms with van der Waals surface area (Å²) in [6.07, 6.45) is 4.57. The lowest BCUT2D eigenvalue weighted by Crippen LogP contribution is -2.17. The van der Waals surface area contributed by atoms with Gasteiger partial charge in [0.25, 0.3) is 10.0 Å². The van der Waals surface area contributed by atoms with E-state index < -0.39 is 15.7 Å². The lowest BCUT2D eigenvalue weighted by Gasteiger charge is -2.18. The van der Waals surface area contributed by atoms with Gasteiger partial charge in [0, 0.05) is 15.8 Å². The summed E-state index contributed by atoms with van der Waals surface area (Å²) < 4.78 is 30.9. The number of aromatic nitrogens is 2. The smallest absolute Gasteiger partial charge is 0.261 e. The Morgan fingerprint density at radius 1 is 1.16 bits per heavy atom. The van der Waals surface area contributed by atoms with Crippen molar-refractivity contribution >= 4 is 38.9 Å². The van der Waals surface area contributed by atoms with Crippen LogP contribution in [0.1, 0.15) is 55.7 Å². The largest absolute Gasteiger partial charge is 0.354 e. The summed E-state index contributed by atoms with van der Waals surface area (Å²) in [7, 11) is -3.86. The highest BCUT2D eigenvalue weighted by Gasteiger charge is 2.27. The van der Waals surface area contributed by atoms with Gasteiger partial charge in [-0.2, -0.15) is 4.98 Å². The molecule has 1 atom stereocenters. The summed E-state index contributed by atoms with van der Waals surface area (Å²) in [5.74, 6) is 0.0909. The molecule has 0 aromatic heterocycles. The Kier molecular flexibility index (Phi) is 7.49. The molecule has 2 aliphatic heterocycles. The molecule has 0 saturated heterocycles. The average Bonchev–Trinajstić information content (AvgIpc) is 3.02. The average molecular weight is 480 g/mol. The van der Waals surface area contributed by atoms with Gasteiger partial charge in [-0.3, -0.25) is 9.29 Å². The maximum atomic E-state index is 13.0. The lowest BCUT2D eigenvalue weighted by atomic mass is 10.2. The van der Waals surface area contributed by atoms with Crippen molar-refractivity contribution in [3.8, 4) is 5.69 Å². The zero-order valence-corrected chi connectivity index (χ0v) is 21.0. The van der Waals surface area contributed by atoms with Gasteiger partial charge in [-0.15, -0.1) is 23.1 Å². The van der Waals surface area contributed by atoms with Crippen molar-refractivity contribution in [3.63, 3.8) is 0 Å². The number of thioether (sulfide) groups is 1. The number of fused-ring (bicyclic) bond motifs is 1.